The van der Waals surface area contributed by atoms with Crippen molar-refractivity contribution in [2.45, 2.75) is 5.75 Å². The average molecular weight is 450 g/mol. The van der Waals surface area contributed by atoms with Crippen LogP contribution in [0.1, 0.15) is 5.56 Å². The Kier molecular flexibility index (Phi) is 6.61. The van der Waals surface area contributed by atoms with Gasteiger partial charge in [0.1, 0.15) is 0 Å². The first kappa shape index (κ1) is 16.9. The molecular weight excluding hydrogens is 437 g/mol. The van der Waals surface area contributed by atoms with Crippen molar-refractivity contribution >= 4 is 66.8 Å². The fraction of sp³-hybridized carbons (Fsp3) is 0.133. The number of benzene rings is 2. The van der Waals surface area contributed by atoms with Crippen molar-refractivity contribution in [3.8, 4) is 0 Å². The minimum absolute atomic E-state index is 0.0366. The third-order valence-electron chi connectivity index (χ3n) is 2.65. The molecule has 0 saturated carbocycles. The second-order valence-corrected chi connectivity index (χ2v) is 7.36. The van der Waals surface area contributed by atoms with Crippen molar-refractivity contribution in [2.75, 3.05) is 11.1 Å². The molecule has 0 fully saturated rings. The van der Waals surface area contributed by atoms with Gasteiger partial charge in [0.15, 0.2) is 0 Å². The van der Waals surface area contributed by atoms with E-state index in [0.717, 1.165) is 14.7 Å². The minimum Gasteiger partial charge on any atom is -0.325 e. The monoisotopic (exact) mass is 447 g/mol. The van der Waals surface area contributed by atoms with Gasteiger partial charge in [-0.2, -0.15) is 0 Å². The second-order valence-electron chi connectivity index (χ2n) is 4.26. The molecule has 0 aliphatic carbocycles. The van der Waals surface area contributed by atoms with Gasteiger partial charge in [-0.05, 0) is 45.8 Å². The molecule has 0 heterocycles. The maximum atomic E-state index is 11.9. The molecule has 6 heteroatoms. The Labute approximate surface area is 149 Å². The fourth-order valence-electron chi connectivity index (χ4n) is 1.64. The van der Waals surface area contributed by atoms with Crippen molar-refractivity contribution in [2.24, 2.45) is 0 Å². The van der Waals surface area contributed by atoms with Crippen LogP contribution >= 0.6 is 55.2 Å². The first-order valence-electron chi connectivity index (χ1n) is 6.12. The van der Waals surface area contributed by atoms with Crippen LogP contribution in [0.4, 0.5) is 5.69 Å². The van der Waals surface area contributed by atoms with Crippen LogP contribution in [0.5, 0.6) is 0 Å². The van der Waals surface area contributed by atoms with E-state index in [4.69, 9.17) is 11.6 Å². The topological polar surface area (TPSA) is 29.1 Å². The molecule has 21 heavy (non-hydrogen) atoms. The number of halogens is 3. The van der Waals surface area contributed by atoms with E-state index in [2.05, 4.69) is 37.2 Å². The summed E-state index contributed by atoms with van der Waals surface area (Å²) in [5.74, 6) is 1.15. The number of hydrogen-bond acceptors (Lipinski definition) is 2. The van der Waals surface area contributed by atoms with Crippen molar-refractivity contribution in [1.29, 1.82) is 0 Å². The highest BCUT2D eigenvalue weighted by Gasteiger charge is 2.06. The van der Waals surface area contributed by atoms with E-state index < -0.39 is 0 Å². The standard InChI is InChI=1S/C15H12Br2ClNOS/c16-12-4-2-1-3-10(12)8-21-9-15(20)19-11-5-6-13(17)14(18)7-11/h1-7H,8-9H2,(H,19,20). The van der Waals surface area contributed by atoms with Crippen molar-refractivity contribution < 1.29 is 4.79 Å². The molecule has 0 bridgehead atoms. The molecule has 110 valence electrons. The summed E-state index contributed by atoms with van der Waals surface area (Å²) in [7, 11) is 0. The van der Waals surface area contributed by atoms with Gasteiger partial charge in [0.25, 0.3) is 0 Å². The van der Waals surface area contributed by atoms with Gasteiger partial charge < -0.3 is 5.32 Å². The summed E-state index contributed by atoms with van der Waals surface area (Å²) in [6.45, 7) is 0. The number of thioether (sulfide) groups is 1. The SMILES string of the molecule is O=C(CSCc1ccccc1Br)Nc1ccc(Br)c(Cl)c1. The van der Waals surface area contributed by atoms with E-state index in [1.807, 2.05) is 36.4 Å². The van der Waals surface area contributed by atoms with Crippen molar-refractivity contribution in [1.82, 2.24) is 0 Å². The van der Waals surface area contributed by atoms with Gasteiger partial charge in [0, 0.05) is 20.4 Å². The van der Waals surface area contributed by atoms with Crippen LogP contribution in [0.15, 0.2) is 51.4 Å². The highest BCUT2D eigenvalue weighted by Crippen LogP contribution is 2.26. The number of carbonyl (C=O) groups is 1. The second kappa shape index (κ2) is 8.22. The van der Waals surface area contributed by atoms with E-state index in [9.17, 15) is 4.79 Å². The molecule has 0 aliphatic heterocycles. The van der Waals surface area contributed by atoms with Gasteiger partial charge >= 0.3 is 0 Å². The summed E-state index contributed by atoms with van der Waals surface area (Å²) in [4.78, 5) is 11.9. The molecule has 0 aliphatic rings. The molecule has 0 radical (unpaired) electrons. The maximum absolute atomic E-state index is 11.9. The molecule has 2 aromatic rings. The number of rotatable bonds is 5. The Morgan fingerprint density at radius 1 is 1.14 bits per heavy atom. The minimum atomic E-state index is -0.0366. The van der Waals surface area contributed by atoms with Gasteiger partial charge in [-0.1, -0.05) is 45.7 Å². The quantitative estimate of drug-likeness (QED) is 0.631. The van der Waals surface area contributed by atoms with E-state index >= 15 is 0 Å². The molecule has 0 unspecified atom stereocenters. The average Bonchev–Trinajstić information content (AvgIpc) is 2.45. The molecule has 0 saturated heterocycles. The van der Waals surface area contributed by atoms with Crippen LogP contribution in [-0.4, -0.2) is 11.7 Å². The molecular formula is C15H12Br2ClNOS. The van der Waals surface area contributed by atoms with Crippen LogP contribution < -0.4 is 5.32 Å². The van der Waals surface area contributed by atoms with E-state index in [1.165, 1.54) is 5.56 Å². The molecule has 0 aromatic heterocycles. The maximum Gasteiger partial charge on any atom is 0.234 e. The molecule has 2 rings (SSSR count). The summed E-state index contributed by atoms with van der Waals surface area (Å²) in [5, 5.41) is 3.41. The summed E-state index contributed by atoms with van der Waals surface area (Å²) in [5.41, 5.74) is 1.89. The Morgan fingerprint density at radius 3 is 2.62 bits per heavy atom. The third kappa shape index (κ3) is 5.33. The van der Waals surface area contributed by atoms with Gasteiger partial charge in [-0.15, -0.1) is 11.8 Å². The highest BCUT2D eigenvalue weighted by atomic mass is 79.9. The lowest BCUT2D eigenvalue weighted by molar-refractivity contribution is -0.113. The molecule has 0 atom stereocenters. The fourth-order valence-corrected chi connectivity index (χ4v) is 3.51. The lowest BCUT2D eigenvalue weighted by Gasteiger charge is -2.07. The summed E-state index contributed by atoms with van der Waals surface area (Å²) >= 11 is 14.4. The van der Waals surface area contributed by atoms with E-state index in [-0.39, 0.29) is 5.91 Å². The predicted octanol–water partition coefficient (Wildman–Crippen LogP) is 5.74. The predicted molar refractivity (Wildman–Crippen MR) is 98.1 cm³/mol. The summed E-state index contributed by atoms with van der Waals surface area (Å²) < 4.78 is 1.88. The number of anilines is 1. The molecule has 2 nitrogen and oxygen atoms in total. The number of nitrogens with one attached hydrogen (secondary N) is 1. The molecule has 1 N–H and O–H groups in total. The normalized spacial score (nSPS) is 10.4. The van der Waals surface area contributed by atoms with Crippen molar-refractivity contribution in [3.05, 3.63) is 62.0 Å². The van der Waals surface area contributed by atoms with Gasteiger partial charge in [0.05, 0.1) is 10.8 Å². The Hall–Kier alpha value is -0.490. The van der Waals surface area contributed by atoms with E-state index in [1.54, 1.807) is 17.8 Å². The van der Waals surface area contributed by atoms with Gasteiger partial charge in [-0.3, -0.25) is 4.79 Å². The van der Waals surface area contributed by atoms with Gasteiger partial charge in [-0.25, -0.2) is 0 Å². The van der Waals surface area contributed by atoms with Crippen LogP contribution in [0.3, 0.4) is 0 Å². The highest BCUT2D eigenvalue weighted by molar-refractivity contribution is 9.10. The Morgan fingerprint density at radius 2 is 1.90 bits per heavy atom. The Balaban J connectivity index is 1.82. The Bertz CT molecular complexity index is 651. The molecule has 1 amide bonds. The third-order valence-corrected chi connectivity index (χ3v) is 5.64. The summed E-state index contributed by atoms with van der Waals surface area (Å²) in [6, 6.07) is 13.4. The van der Waals surface area contributed by atoms with Crippen LogP contribution in [0.25, 0.3) is 0 Å². The van der Waals surface area contributed by atoms with E-state index in [0.29, 0.717) is 16.5 Å². The smallest absolute Gasteiger partial charge is 0.234 e. The van der Waals surface area contributed by atoms with Gasteiger partial charge in [0.2, 0.25) is 5.91 Å². The number of hydrogen-bond donors (Lipinski definition) is 1. The largest absolute Gasteiger partial charge is 0.325 e. The zero-order valence-electron chi connectivity index (χ0n) is 10.9. The zero-order chi connectivity index (χ0) is 15.2. The lowest BCUT2D eigenvalue weighted by atomic mass is 10.2. The van der Waals surface area contributed by atoms with Crippen LogP contribution in [-0.2, 0) is 10.5 Å². The number of amides is 1. The first-order valence-corrected chi connectivity index (χ1v) is 9.24. The van der Waals surface area contributed by atoms with Crippen LogP contribution in [0.2, 0.25) is 5.02 Å². The molecule has 2 aromatic carbocycles. The summed E-state index contributed by atoms with van der Waals surface area (Å²) in [6.07, 6.45) is 0. The molecule has 0 spiro atoms. The first-order chi connectivity index (χ1) is 10.1. The van der Waals surface area contributed by atoms with Crippen molar-refractivity contribution in [3.63, 3.8) is 0 Å². The lowest BCUT2D eigenvalue weighted by Crippen LogP contribution is -2.14. The number of carbonyl (C=O) groups excluding carboxylic acids is 1. The zero-order valence-corrected chi connectivity index (χ0v) is 15.7. The van der Waals surface area contributed by atoms with Crippen LogP contribution in [0, 0.1) is 0 Å².